The lowest BCUT2D eigenvalue weighted by molar-refractivity contribution is 0.399. The van der Waals surface area contributed by atoms with Crippen molar-refractivity contribution in [2.24, 2.45) is 11.3 Å². The molecule has 1 aliphatic carbocycles. The summed E-state index contributed by atoms with van der Waals surface area (Å²) in [5.41, 5.74) is 0.678. The highest BCUT2D eigenvalue weighted by molar-refractivity contribution is 6.18. The average molecular weight is 175 g/mol. The van der Waals surface area contributed by atoms with Crippen molar-refractivity contribution in [2.75, 3.05) is 5.88 Å². The molecule has 2 unspecified atom stereocenters. The molecule has 11 heavy (non-hydrogen) atoms. The molecule has 1 fully saturated rings. The summed E-state index contributed by atoms with van der Waals surface area (Å²) >= 11 is 5.84. The Bertz CT molecular complexity index is 122. The van der Waals surface area contributed by atoms with Gasteiger partial charge in [0, 0.05) is 5.88 Å². The van der Waals surface area contributed by atoms with Crippen LogP contribution in [0.3, 0.4) is 0 Å². The summed E-state index contributed by atoms with van der Waals surface area (Å²) in [6, 6.07) is 0. The number of alkyl halides is 1. The molecule has 0 radical (unpaired) electrons. The number of unbranched alkanes of at least 4 members (excludes halogenated alkanes) is 1. The Kier molecular flexibility index (Phi) is 3.24. The Labute approximate surface area is 75.3 Å². The topological polar surface area (TPSA) is 0 Å². The molecule has 1 aliphatic rings. The minimum Gasteiger partial charge on any atom is -0.126 e. The maximum Gasteiger partial charge on any atom is 0.0257 e. The lowest BCUT2D eigenvalue weighted by atomic mass is 9.94. The monoisotopic (exact) mass is 174 g/mol. The molecule has 0 heterocycles. The Hall–Kier alpha value is 0.290. The second-order valence-electron chi connectivity index (χ2n) is 3.87. The maximum absolute atomic E-state index is 5.84. The van der Waals surface area contributed by atoms with Crippen LogP contribution in [0.25, 0.3) is 0 Å². The van der Waals surface area contributed by atoms with Gasteiger partial charge in [0.2, 0.25) is 0 Å². The number of hydrogen-bond acceptors (Lipinski definition) is 0. The minimum absolute atomic E-state index is 0.678. The molecule has 0 nitrogen and oxygen atoms in total. The van der Waals surface area contributed by atoms with E-state index in [1.807, 2.05) is 0 Å². The number of rotatable bonds is 5. The van der Waals surface area contributed by atoms with Crippen molar-refractivity contribution >= 4 is 11.6 Å². The predicted molar refractivity (Wildman–Crippen MR) is 51.1 cm³/mol. The van der Waals surface area contributed by atoms with Gasteiger partial charge in [0.1, 0.15) is 0 Å². The van der Waals surface area contributed by atoms with Crippen LogP contribution < -0.4 is 0 Å². The zero-order valence-electron chi connectivity index (χ0n) is 7.70. The van der Waals surface area contributed by atoms with Crippen LogP contribution in [0.15, 0.2) is 0 Å². The van der Waals surface area contributed by atoms with E-state index in [-0.39, 0.29) is 0 Å². The van der Waals surface area contributed by atoms with Crippen LogP contribution in [0.5, 0.6) is 0 Å². The SMILES string of the molecule is CCCCC1(CC)CC1CCl. The van der Waals surface area contributed by atoms with Crippen LogP contribution in [0.2, 0.25) is 0 Å². The molecule has 0 bridgehead atoms. The standard InChI is InChI=1S/C10H19Cl/c1-3-5-6-10(4-2)7-9(10)8-11/h9H,3-8H2,1-2H3. The smallest absolute Gasteiger partial charge is 0.0257 e. The van der Waals surface area contributed by atoms with Crippen molar-refractivity contribution < 1.29 is 0 Å². The quantitative estimate of drug-likeness (QED) is 0.556. The van der Waals surface area contributed by atoms with Gasteiger partial charge in [-0.05, 0) is 24.2 Å². The summed E-state index contributed by atoms with van der Waals surface area (Å²) in [5.74, 6) is 1.73. The van der Waals surface area contributed by atoms with Crippen molar-refractivity contribution in [3.8, 4) is 0 Å². The Morgan fingerprint density at radius 1 is 1.45 bits per heavy atom. The molecule has 0 saturated heterocycles. The van der Waals surface area contributed by atoms with Gasteiger partial charge in [0.25, 0.3) is 0 Å². The predicted octanol–water partition coefficient (Wildman–Crippen LogP) is 3.83. The van der Waals surface area contributed by atoms with E-state index in [0.29, 0.717) is 5.41 Å². The van der Waals surface area contributed by atoms with Crippen LogP contribution in [0.4, 0.5) is 0 Å². The highest BCUT2D eigenvalue weighted by Gasteiger charge is 2.50. The fourth-order valence-corrected chi connectivity index (χ4v) is 2.53. The molecule has 0 amide bonds. The molecular formula is C10H19Cl. The summed E-state index contributed by atoms with van der Waals surface area (Å²) in [4.78, 5) is 0. The van der Waals surface area contributed by atoms with Crippen molar-refractivity contribution in [1.29, 1.82) is 0 Å². The molecule has 0 aromatic rings. The first kappa shape index (κ1) is 9.38. The molecule has 0 aromatic carbocycles. The lowest BCUT2D eigenvalue weighted by Crippen LogP contribution is -2.03. The van der Waals surface area contributed by atoms with Crippen LogP contribution in [-0.2, 0) is 0 Å². The highest BCUT2D eigenvalue weighted by Crippen LogP contribution is 2.58. The summed E-state index contributed by atoms with van der Waals surface area (Å²) in [6.45, 7) is 4.57. The van der Waals surface area contributed by atoms with Crippen LogP contribution in [-0.4, -0.2) is 5.88 Å². The summed E-state index contributed by atoms with van der Waals surface area (Å²) in [5, 5.41) is 0. The minimum atomic E-state index is 0.678. The highest BCUT2D eigenvalue weighted by atomic mass is 35.5. The maximum atomic E-state index is 5.84. The van der Waals surface area contributed by atoms with E-state index in [2.05, 4.69) is 13.8 Å². The molecule has 2 atom stereocenters. The van der Waals surface area contributed by atoms with Crippen molar-refractivity contribution in [3.05, 3.63) is 0 Å². The van der Waals surface area contributed by atoms with E-state index in [1.54, 1.807) is 0 Å². The molecule has 0 aromatic heterocycles. The van der Waals surface area contributed by atoms with Gasteiger partial charge in [0.15, 0.2) is 0 Å². The Balaban J connectivity index is 2.27. The van der Waals surface area contributed by atoms with E-state index in [1.165, 1.54) is 32.1 Å². The van der Waals surface area contributed by atoms with Crippen molar-refractivity contribution in [2.45, 2.75) is 46.0 Å². The molecule has 1 rings (SSSR count). The summed E-state index contributed by atoms with van der Waals surface area (Å²) in [6.07, 6.45) is 6.87. The first-order chi connectivity index (χ1) is 5.29. The van der Waals surface area contributed by atoms with E-state index < -0.39 is 0 Å². The number of hydrogen-bond donors (Lipinski definition) is 0. The van der Waals surface area contributed by atoms with Gasteiger partial charge in [-0.25, -0.2) is 0 Å². The second-order valence-corrected chi connectivity index (χ2v) is 4.18. The van der Waals surface area contributed by atoms with Gasteiger partial charge < -0.3 is 0 Å². The number of halogens is 1. The van der Waals surface area contributed by atoms with E-state index >= 15 is 0 Å². The van der Waals surface area contributed by atoms with Gasteiger partial charge in [0.05, 0.1) is 0 Å². The fraction of sp³-hybridized carbons (Fsp3) is 1.00. The van der Waals surface area contributed by atoms with Gasteiger partial charge in [-0.3, -0.25) is 0 Å². The molecule has 0 spiro atoms. The Morgan fingerprint density at radius 3 is 2.55 bits per heavy atom. The third kappa shape index (κ3) is 1.90. The zero-order valence-corrected chi connectivity index (χ0v) is 8.45. The summed E-state index contributed by atoms with van der Waals surface area (Å²) < 4.78 is 0. The average Bonchev–Trinajstić information content (AvgIpc) is 2.76. The van der Waals surface area contributed by atoms with Gasteiger partial charge in [-0.15, -0.1) is 11.6 Å². The van der Waals surface area contributed by atoms with Crippen molar-refractivity contribution in [3.63, 3.8) is 0 Å². The molecule has 0 N–H and O–H groups in total. The lowest BCUT2D eigenvalue weighted by Gasteiger charge is -2.12. The third-order valence-corrected chi connectivity index (χ3v) is 3.65. The van der Waals surface area contributed by atoms with E-state index in [4.69, 9.17) is 11.6 Å². The second kappa shape index (κ2) is 3.80. The van der Waals surface area contributed by atoms with Gasteiger partial charge in [-0.1, -0.05) is 33.1 Å². The summed E-state index contributed by atoms with van der Waals surface area (Å²) in [7, 11) is 0. The first-order valence-electron chi connectivity index (χ1n) is 4.85. The van der Waals surface area contributed by atoms with Crippen LogP contribution in [0.1, 0.15) is 46.0 Å². The molecule has 66 valence electrons. The molecule has 1 heteroatoms. The van der Waals surface area contributed by atoms with Crippen molar-refractivity contribution in [1.82, 2.24) is 0 Å². The molecule has 1 saturated carbocycles. The van der Waals surface area contributed by atoms with Gasteiger partial charge >= 0.3 is 0 Å². The van der Waals surface area contributed by atoms with Gasteiger partial charge in [-0.2, -0.15) is 0 Å². The molecule has 0 aliphatic heterocycles. The van der Waals surface area contributed by atoms with E-state index in [0.717, 1.165) is 11.8 Å². The largest absolute Gasteiger partial charge is 0.126 e. The Morgan fingerprint density at radius 2 is 2.18 bits per heavy atom. The normalized spacial score (nSPS) is 35.7. The molecular weight excluding hydrogens is 156 g/mol. The zero-order chi connectivity index (χ0) is 8.32. The fourth-order valence-electron chi connectivity index (χ4n) is 2.09. The van der Waals surface area contributed by atoms with Crippen LogP contribution >= 0.6 is 11.6 Å². The third-order valence-electron chi connectivity index (χ3n) is 3.28. The first-order valence-corrected chi connectivity index (χ1v) is 5.38. The van der Waals surface area contributed by atoms with Crippen LogP contribution in [0, 0.1) is 11.3 Å². The van der Waals surface area contributed by atoms with E-state index in [9.17, 15) is 0 Å².